The van der Waals surface area contributed by atoms with Crippen molar-refractivity contribution < 1.29 is 0 Å². The Balaban J connectivity index is 2.61. The zero-order valence-electron chi connectivity index (χ0n) is 8.17. The van der Waals surface area contributed by atoms with Gasteiger partial charge in [-0.15, -0.1) is 0 Å². The highest BCUT2D eigenvalue weighted by atomic mass is 14.7. The summed E-state index contributed by atoms with van der Waals surface area (Å²) >= 11 is 0. The summed E-state index contributed by atoms with van der Waals surface area (Å²) in [7, 11) is 0. The van der Waals surface area contributed by atoms with Crippen molar-refractivity contribution in [2.45, 2.75) is 25.8 Å². The number of benzene rings is 1. The fraction of sp³-hybridized carbons (Fsp3) is 0.333. The largest absolute Gasteiger partial charge is 0.321 e. The third-order valence-corrected chi connectivity index (χ3v) is 2.66. The van der Waals surface area contributed by atoms with Crippen LogP contribution < -0.4 is 5.73 Å². The molecular formula is C12H15N. The van der Waals surface area contributed by atoms with Crippen molar-refractivity contribution in [3.05, 3.63) is 41.0 Å². The van der Waals surface area contributed by atoms with Crippen molar-refractivity contribution in [2.24, 2.45) is 5.73 Å². The third kappa shape index (κ3) is 1.40. The summed E-state index contributed by atoms with van der Waals surface area (Å²) in [6.45, 7) is 4.20. The van der Waals surface area contributed by atoms with E-state index in [-0.39, 0.29) is 5.54 Å². The third-order valence-electron chi connectivity index (χ3n) is 2.66. The van der Waals surface area contributed by atoms with Crippen LogP contribution in [0.3, 0.4) is 0 Å². The van der Waals surface area contributed by atoms with E-state index in [0.29, 0.717) is 0 Å². The topological polar surface area (TPSA) is 26.0 Å². The Bertz CT molecular complexity index is 361. The second-order valence-corrected chi connectivity index (χ2v) is 4.11. The summed E-state index contributed by atoms with van der Waals surface area (Å²) in [6, 6.07) is 6.47. The number of hydrogen-bond acceptors (Lipinski definition) is 1. The summed E-state index contributed by atoms with van der Waals surface area (Å²) in [5, 5.41) is 0. The highest BCUT2D eigenvalue weighted by Gasteiger charge is 2.24. The fourth-order valence-corrected chi connectivity index (χ4v) is 1.88. The van der Waals surface area contributed by atoms with Crippen molar-refractivity contribution in [3.8, 4) is 0 Å². The predicted octanol–water partition coefficient (Wildman–Crippen LogP) is 2.59. The maximum absolute atomic E-state index is 6.19. The van der Waals surface area contributed by atoms with Crippen molar-refractivity contribution >= 4 is 6.08 Å². The molecule has 0 fully saturated rings. The van der Waals surface area contributed by atoms with Gasteiger partial charge in [0.15, 0.2) is 0 Å². The zero-order valence-corrected chi connectivity index (χ0v) is 8.17. The molecule has 0 aromatic heterocycles. The first kappa shape index (κ1) is 8.52. The zero-order chi connectivity index (χ0) is 9.47. The molecule has 68 valence electrons. The van der Waals surface area contributed by atoms with Gasteiger partial charge in [-0.25, -0.2) is 0 Å². The molecule has 0 bridgehead atoms. The van der Waals surface area contributed by atoms with Gasteiger partial charge < -0.3 is 5.73 Å². The maximum atomic E-state index is 6.19. The molecule has 1 aromatic rings. The smallest absolute Gasteiger partial charge is 0.0421 e. The van der Waals surface area contributed by atoms with Crippen LogP contribution in [0.1, 0.15) is 30.0 Å². The minimum absolute atomic E-state index is 0.183. The molecule has 0 radical (unpaired) electrons. The lowest BCUT2D eigenvalue weighted by Gasteiger charge is -2.29. The minimum Gasteiger partial charge on any atom is -0.321 e. The number of fused-ring (bicyclic) bond motifs is 1. The average molecular weight is 173 g/mol. The van der Waals surface area contributed by atoms with E-state index in [9.17, 15) is 0 Å². The first-order valence-electron chi connectivity index (χ1n) is 4.66. The van der Waals surface area contributed by atoms with Gasteiger partial charge in [0.1, 0.15) is 0 Å². The van der Waals surface area contributed by atoms with Crippen LogP contribution in [0.2, 0.25) is 0 Å². The summed E-state index contributed by atoms with van der Waals surface area (Å²) in [5.74, 6) is 0. The Morgan fingerprint density at radius 3 is 2.92 bits per heavy atom. The second kappa shape index (κ2) is 2.71. The second-order valence-electron chi connectivity index (χ2n) is 4.11. The van der Waals surface area contributed by atoms with Gasteiger partial charge in [-0.2, -0.15) is 0 Å². The lowest BCUT2D eigenvalue weighted by molar-refractivity contribution is 0.497. The highest BCUT2D eigenvalue weighted by molar-refractivity contribution is 5.59. The van der Waals surface area contributed by atoms with Gasteiger partial charge in [-0.1, -0.05) is 35.9 Å². The van der Waals surface area contributed by atoms with Crippen LogP contribution in [0.5, 0.6) is 0 Å². The van der Waals surface area contributed by atoms with E-state index >= 15 is 0 Å². The molecule has 0 saturated carbocycles. The average Bonchev–Trinajstić information content (AvgIpc) is 2.02. The summed E-state index contributed by atoms with van der Waals surface area (Å²) in [6.07, 6.45) is 5.25. The number of rotatable bonds is 0. The lowest BCUT2D eigenvalue weighted by Crippen LogP contribution is -2.34. The lowest BCUT2D eigenvalue weighted by atomic mass is 9.82. The Labute approximate surface area is 79.3 Å². The molecule has 1 aromatic carbocycles. The standard InChI is InChI=1S/C12H15N/c1-9-5-6-11-10(8-9)4-3-7-12(11,2)13/h3-6,8H,7,13H2,1-2H3. The Kier molecular flexibility index (Phi) is 1.77. The van der Waals surface area contributed by atoms with Crippen molar-refractivity contribution in [1.82, 2.24) is 0 Å². The summed E-state index contributed by atoms with van der Waals surface area (Å²) in [5.41, 5.74) is 9.84. The van der Waals surface area contributed by atoms with Gasteiger partial charge in [0.25, 0.3) is 0 Å². The van der Waals surface area contributed by atoms with Gasteiger partial charge >= 0.3 is 0 Å². The normalized spacial score (nSPS) is 25.8. The molecule has 1 aliphatic carbocycles. The molecule has 1 aliphatic rings. The molecule has 1 atom stereocenters. The van der Waals surface area contributed by atoms with Crippen molar-refractivity contribution in [2.75, 3.05) is 0 Å². The molecule has 0 spiro atoms. The quantitative estimate of drug-likeness (QED) is 0.641. The predicted molar refractivity (Wildman–Crippen MR) is 56.4 cm³/mol. The SMILES string of the molecule is Cc1ccc2c(c1)C=CCC2(C)N. The van der Waals surface area contributed by atoms with Crippen LogP contribution in [-0.2, 0) is 5.54 Å². The fourth-order valence-electron chi connectivity index (χ4n) is 1.88. The van der Waals surface area contributed by atoms with E-state index < -0.39 is 0 Å². The molecule has 1 heteroatoms. The number of aryl methyl sites for hydroxylation is 1. The van der Waals surface area contributed by atoms with Crippen LogP contribution in [0.15, 0.2) is 24.3 Å². The Morgan fingerprint density at radius 1 is 1.38 bits per heavy atom. The van der Waals surface area contributed by atoms with Crippen molar-refractivity contribution in [1.29, 1.82) is 0 Å². The monoisotopic (exact) mass is 173 g/mol. The molecule has 1 nitrogen and oxygen atoms in total. The molecule has 13 heavy (non-hydrogen) atoms. The van der Waals surface area contributed by atoms with Gasteiger partial charge in [0, 0.05) is 5.54 Å². The van der Waals surface area contributed by atoms with E-state index in [1.54, 1.807) is 0 Å². The van der Waals surface area contributed by atoms with Crippen LogP contribution in [-0.4, -0.2) is 0 Å². The molecule has 0 aliphatic heterocycles. The van der Waals surface area contributed by atoms with Crippen LogP contribution in [0.25, 0.3) is 6.08 Å². The van der Waals surface area contributed by atoms with E-state index in [1.165, 1.54) is 16.7 Å². The van der Waals surface area contributed by atoms with Crippen LogP contribution in [0, 0.1) is 6.92 Å². The first-order chi connectivity index (χ1) is 6.09. The molecular weight excluding hydrogens is 158 g/mol. The number of nitrogens with two attached hydrogens (primary N) is 1. The van der Waals surface area contributed by atoms with E-state index in [4.69, 9.17) is 5.73 Å². The molecule has 0 amide bonds. The van der Waals surface area contributed by atoms with E-state index in [0.717, 1.165) is 6.42 Å². The summed E-state index contributed by atoms with van der Waals surface area (Å²) in [4.78, 5) is 0. The summed E-state index contributed by atoms with van der Waals surface area (Å²) < 4.78 is 0. The van der Waals surface area contributed by atoms with Crippen LogP contribution in [0.4, 0.5) is 0 Å². The molecule has 1 unspecified atom stereocenters. The van der Waals surface area contributed by atoms with E-state index in [1.807, 2.05) is 0 Å². The molecule has 0 saturated heterocycles. The van der Waals surface area contributed by atoms with Gasteiger partial charge in [0.05, 0.1) is 0 Å². The maximum Gasteiger partial charge on any atom is 0.0421 e. The first-order valence-corrected chi connectivity index (χ1v) is 4.66. The number of hydrogen-bond donors (Lipinski definition) is 1. The Morgan fingerprint density at radius 2 is 2.15 bits per heavy atom. The molecule has 2 N–H and O–H groups in total. The van der Waals surface area contributed by atoms with Crippen LogP contribution >= 0.6 is 0 Å². The van der Waals surface area contributed by atoms with E-state index in [2.05, 4.69) is 44.2 Å². The van der Waals surface area contributed by atoms with Gasteiger partial charge in [0.2, 0.25) is 0 Å². The molecule has 0 heterocycles. The minimum atomic E-state index is -0.183. The Hall–Kier alpha value is -1.08. The highest BCUT2D eigenvalue weighted by Crippen LogP contribution is 2.31. The molecule has 2 rings (SSSR count). The van der Waals surface area contributed by atoms with Gasteiger partial charge in [-0.05, 0) is 31.4 Å². The van der Waals surface area contributed by atoms with Crippen molar-refractivity contribution in [3.63, 3.8) is 0 Å². The van der Waals surface area contributed by atoms with Gasteiger partial charge in [-0.3, -0.25) is 0 Å².